The molecular weight excluding hydrogens is 500 g/mol. The lowest BCUT2D eigenvalue weighted by Gasteiger charge is -2.29. The van der Waals surface area contributed by atoms with Gasteiger partial charge in [-0.25, -0.2) is 0 Å². The molecule has 10 heteroatoms. The summed E-state index contributed by atoms with van der Waals surface area (Å²) in [6, 6.07) is 7.72. The number of methoxy groups -OCH3 is 2. The van der Waals surface area contributed by atoms with Crippen LogP contribution in [0, 0.1) is 0 Å². The smallest absolute Gasteiger partial charge is 0.306 e. The van der Waals surface area contributed by atoms with E-state index in [1.165, 1.54) is 14.2 Å². The first-order valence-corrected chi connectivity index (χ1v) is 13.5. The molecule has 1 atom stereocenters. The molecule has 39 heavy (non-hydrogen) atoms. The number of benzene rings is 1. The third-order valence-corrected chi connectivity index (χ3v) is 6.80. The summed E-state index contributed by atoms with van der Waals surface area (Å²) in [5.41, 5.74) is 13.5. The van der Waals surface area contributed by atoms with Crippen LogP contribution in [0.3, 0.4) is 0 Å². The van der Waals surface area contributed by atoms with Crippen molar-refractivity contribution in [3.8, 4) is 0 Å². The zero-order valence-electron chi connectivity index (χ0n) is 24.6. The molecule has 0 aliphatic carbocycles. The summed E-state index contributed by atoms with van der Waals surface area (Å²) >= 11 is 0. The summed E-state index contributed by atoms with van der Waals surface area (Å²) in [7, 11) is 2.60. The summed E-state index contributed by atoms with van der Waals surface area (Å²) in [6.07, 6.45) is 2.20. The van der Waals surface area contributed by atoms with E-state index < -0.39 is 23.0 Å². The van der Waals surface area contributed by atoms with Crippen LogP contribution in [0.15, 0.2) is 24.3 Å². The van der Waals surface area contributed by atoms with Gasteiger partial charge in [0.2, 0.25) is 11.8 Å². The Morgan fingerprint density at radius 2 is 1.10 bits per heavy atom. The minimum Gasteiger partial charge on any atom is -0.469 e. The first-order valence-electron chi connectivity index (χ1n) is 13.5. The number of rotatable bonds is 17. The van der Waals surface area contributed by atoms with Crippen LogP contribution in [0.1, 0.15) is 83.8 Å². The van der Waals surface area contributed by atoms with E-state index in [4.69, 9.17) is 11.5 Å². The molecule has 0 aliphatic rings. The van der Waals surface area contributed by atoms with Crippen molar-refractivity contribution in [3.05, 3.63) is 35.4 Å². The van der Waals surface area contributed by atoms with Crippen LogP contribution in [0.25, 0.3) is 0 Å². The van der Waals surface area contributed by atoms with E-state index in [1.54, 1.807) is 9.80 Å². The van der Waals surface area contributed by atoms with Gasteiger partial charge in [-0.05, 0) is 51.2 Å². The maximum atomic E-state index is 12.9. The first-order chi connectivity index (χ1) is 18.2. The second kappa shape index (κ2) is 16.2. The van der Waals surface area contributed by atoms with Gasteiger partial charge in [-0.3, -0.25) is 19.2 Å². The van der Waals surface area contributed by atoms with E-state index in [9.17, 15) is 19.2 Å². The molecule has 0 saturated carbocycles. The van der Waals surface area contributed by atoms with E-state index in [-0.39, 0.29) is 37.5 Å². The van der Waals surface area contributed by atoms with Crippen molar-refractivity contribution in [2.24, 2.45) is 11.5 Å². The SMILES string of the molecule is CCC(C)(N)CCN(Cc1ccc(CN(CCC(C)(C)N)C(=O)CCC(=O)OC)cc1)C(=O)CCC(=O)OC. The highest BCUT2D eigenvalue weighted by Crippen LogP contribution is 2.17. The van der Waals surface area contributed by atoms with E-state index in [1.807, 2.05) is 52.0 Å². The molecule has 1 unspecified atom stereocenters. The molecule has 4 N–H and O–H groups in total. The van der Waals surface area contributed by atoms with Crippen LogP contribution in [0.2, 0.25) is 0 Å². The molecule has 0 aliphatic heterocycles. The number of amides is 2. The third-order valence-electron chi connectivity index (χ3n) is 6.80. The second-order valence-corrected chi connectivity index (χ2v) is 11.1. The average molecular weight is 549 g/mol. The van der Waals surface area contributed by atoms with Crippen molar-refractivity contribution in [3.63, 3.8) is 0 Å². The van der Waals surface area contributed by atoms with Crippen LogP contribution in [-0.4, -0.2) is 71.9 Å². The zero-order valence-corrected chi connectivity index (χ0v) is 24.6. The van der Waals surface area contributed by atoms with Gasteiger partial charge in [0.1, 0.15) is 0 Å². The number of carbonyl (C=O) groups excluding carboxylic acids is 4. The van der Waals surface area contributed by atoms with Gasteiger partial charge in [-0.2, -0.15) is 0 Å². The number of hydrogen-bond acceptors (Lipinski definition) is 8. The molecule has 0 aromatic heterocycles. The van der Waals surface area contributed by atoms with Crippen LogP contribution < -0.4 is 11.5 Å². The molecule has 0 fully saturated rings. The Balaban J connectivity index is 2.97. The van der Waals surface area contributed by atoms with Crippen LogP contribution in [0.5, 0.6) is 0 Å². The number of nitrogens with zero attached hydrogens (tertiary/aromatic N) is 2. The Bertz CT molecular complexity index is 940. The summed E-state index contributed by atoms with van der Waals surface area (Å²) in [4.78, 5) is 52.3. The topological polar surface area (TPSA) is 145 Å². The number of esters is 2. The standard InChI is InChI=1S/C29H48N4O6/c1-7-29(4,31)17-19-33(25(35)13-15-27(37)39-6)21-23-10-8-22(9-11-23)20-32(18-16-28(2,3)30)24(34)12-14-26(36)38-5/h8-11H,7,12-21,30-31H2,1-6H3. The van der Waals surface area contributed by atoms with Crippen molar-refractivity contribution in [1.29, 1.82) is 0 Å². The molecule has 1 aromatic carbocycles. The van der Waals surface area contributed by atoms with E-state index >= 15 is 0 Å². The Morgan fingerprint density at radius 3 is 1.44 bits per heavy atom. The molecule has 1 rings (SSSR count). The Hall–Kier alpha value is -2.98. The lowest BCUT2D eigenvalue weighted by molar-refractivity contribution is -0.144. The molecule has 0 spiro atoms. The van der Waals surface area contributed by atoms with Gasteiger partial charge in [-0.15, -0.1) is 0 Å². The fourth-order valence-electron chi connectivity index (χ4n) is 3.70. The molecular formula is C29H48N4O6. The van der Waals surface area contributed by atoms with Gasteiger partial charge in [0.15, 0.2) is 0 Å². The van der Waals surface area contributed by atoms with Crippen molar-refractivity contribution >= 4 is 23.8 Å². The normalized spacial score (nSPS) is 12.8. The van der Waals surface area contributed by atoms with Crippen LogP contribution in [-0.2, 0) is 41.7 Å². The van der Waals surface area contributed by atoms with Gasteiger partial charge >= 0.3 is 11.9 Å². The maximum Gasteiger partial charge on any atom is 0.306 e. The first kappa shape index (κ1) is 34.0. The Kier molecular flexibility index (Phi) is 14.1. The maximum absolute atomic E-state index is 12.9. The van der Waals surface area contributed by atoms with Gasteiger partial charge in [-0.1, -0.05) is 31.2 Å². The van der Waals surface area contributed by atoms with E-state index in [2.05, 4.69) is 9.47 Å². The monoisotopic (exact) mass is 548 g/mol. The van der Waals surface area contributed by atoms with Crippen LogP contribution in [0.4, 0.5) is 0 Å². The predicted octanol–water partition coefficient (Wildman–Crippen LogP) is 2.90. The summed E-state index contributed by atoms with van der Waals surface area (Å²) < 4.78 is 9.33. The molecule has 0 radical (unpaired) electrons. The lowest BCUT2D eigenvalue weighted by atomic mass is 9.95. The van der Waals surface area contributed by atoms with Gasteiger partial charge in [0.25, 0.3) is 0 Å². The third kappa shape index (κ3) is 14.1. The minimum atomic E-state index is -0.439. The number of hydrogen-bond donors (Lipinski definition) is 2. The van der Waals surface area contributed by atoms with Crippen molar-refractivity contribution in [2.45, 2.75) is 96.8 Å². The van der Waals surface area contributed by atoms with Crippen molar-refractivity contribution in [2.75, 3.05) is 27.3 Å². The van der Waals surface area contributed by atoms with Crippen molar-refractivity contribution in [1.82, 2.24) is 9.80 Å². The van der Waals surface area contributed by atoms with Gasteiger partial charge in [0, 0.05) is 50.1 Å². The highest BCUT2D eigenvalue weighted by atomic mass is 16.5. The molecule has 1 aromatic rings. The lowest BCUT2D eigenvalue weighted by Crippen LogP contribution is -2.41. The van der Waals surface area contributed by atoms with E-state index in [0.717, 1.165) is 17.5 Å². The molecule has 0 heterocycles. The van der Waals surface area contributed by atoms with Gasteiger partial charge < -0.3 is 30.7 Å². The Labute approximate surface area is 233 Å². The zero-order chi connectivity index (χ0) is 29.6. The fourth-order valence-corrected chi connectivity index (χ4v) is 3.70. The predicted molar refractivity (Wildman–Crippen MR) is 150 cm³/mol. The number of nitrogens with two attached hydrogens (primary N) is 2. The average Bonchev–Trinajstić information content (AvgIpc) is 2.90. The summed E-state index contributed by atoms with van der Waals surface area (Å²) in [5.74, 6) is -1.13. The fraction of sp³-hybridized carbons (Fsp3) is 0.655. The highest BCUT2D eigenvalue weighted by molar-refractivity contribution is 5.82. The quantitative estimate of drug-likeness (QED) is 0.283. The molecule has 2 amide bonds. The van der Waals surface area contributed by atoms with Gasteiger partial charge in [0.05, 0.1) is 27.1 Å². The summed E-state index contributed by atoms with van der Waals surface area (Å²) in [5, 5.41) is 0. The van der Waals surface area contributed by atoms with Crippen LogP contribution >= 0.6 is 0 Å². The molecule has 220 valence electrons. The Morgan fingerprint density at radius 1 is 0.718 bits per heavy atom. The minimum absolute atomic E-state index is 0.0243. The number of ether oxygens (including phenoxy) is 2. The summed E-state index contributed by atoms with van der Waals surface area (Å²) in [6.45, 7) is 9.48. The molecule has 0 bridgehead atoms. The largest absolute Gasteiger partial charge is 0.469 e. The van der Waals surface area contributed by atoms with Crippen molar-refractivity contribution < 1.29 is 28.7 Å². The second-order valence-electron chi connectivity index (χ2n) is 11.1. The number of carbonyl (C=O) groups is 4. The molecule has 0 saturated heterocycles. The molecule has 10 nitrogen and oxygen atoms in total. The van der Waals surface area contributed by atoms with E-state index in [0.29, 0.717) is 39.0 Å². The highest BCUT2D eigenvalue weighted by Gasteiger charge is 2.22.